The molecule has 0 aliphatic carbocycles. The van der Waals surface area contributed by atoms with E-state index in [0.717, 1.165) is 12.5 Å². The third-order valence-electron chi connectivity index (χ3n) is 2.64. The first-order valence-electron chi connectivity index (χ1n) is 6.06. The third kappa shape index (κ3) is 6.25. The fourth-order valence-corrected chi connectivity index (χ4v) is 1.96. The van der Waals surface area contributed by atoms with Crippen molar-refractivity contribution in [3.63, 3.8) is 0 Å². The van der Waals surface area contributed by atoms with Gasteiger partial charge in [-0.05, 0) is 37.1 Å². The smallest absolute Gasteiger partial charge is 0.313 e. The standard InChI is InChI=1S/C13H16ClF4N/c1-2-5-19-11(8-13(16,17)18)6-9-3-4-10(14)7-12(9)15/h3-4,7,11,19H,2,5-6,8H2,1H3. The Morgan fingerprint density at radius 2 is 2.00 bits per heavy atom. The number of benzene rings is 1. The molecule has 1 rings (SSSR count). The quantitative estimate of drug-likeness (QED) is 0.770. The second-order valence-electron chi connectivity index (χ2n) is 4.41. The van der Waals surface area contributed by atoms with Crippen molar-refractivity contribution >= 4 is 11.6 Å². The van der Waals surface area contributed by atoms with Crippen LogP contribution in [0.3, 0.4) is 0 Å². The molecule has 108 valence electrons. The Hall–Kier alpha value is -0.810. The van der Waals surface area contributed by atoms with Gasteiger partial charge in [-0.1, -0.05) is 24.6 Å². The van der Waals surface area contributed by atoms with Crippen LogP contribution in [0.1, 0.15) is 25.3 Å². The Bertz CT molecular complexity index is 406. The minimum Gasteiger partial charge on any atom is -0.313 e. The molecule has 1 atom stereocenters. The fourth-order valence-electron chi connectivity index (χ4n) is 1.80. The summed E-state index contributed by atoms with van der Waals surface area (Å²) in [7, 11) is 0. The summed E-state index contributed by atoms with van der Waals surface area (Å²) in [4.78, 5) is 0. The zero-order valence-corrected chi connectivity index (χ0v) is 11.3. The van der Waals surface area contributed by atoms with E-state index in [2.05, 4.69) is 5.32 Å². The number of halogens is 5. The van der Waals surface area contributed by atoms with Gasteiger partial charge in [0.1, 0.15) is 5.82 Å². The normalized spacial score (nSPS) is 13.6. The highest BCUT2D eigenvalue weighted by atomic mass is 35.5. The van der Waals surface area contributed by atoms with Crippen LogP contribution in [0.4, 0.5) is 17.6 Å². The molecule has 0 amide bonds. The Morgan fingerprint density at radius 3 is 2.53 bits per heavy atom. The van der Waals surface area contributed by atoms with Gasteiger partial charge in [0.05, 0.1) is 6.42 Å². The van der Waals surface area contributed by atoms with Crippen LogP contribution in [0.25, 0.3) is 0 Å². The summed E-state index contributed by atoms with van der Waals surface area (Å²) in [5.41, 5.74) is 0.238. The highest BCUT2D eigenvalue weighted by molar-refractivity contribution is 6.30. The second kappa shape index (κ2) is 7.10. The first-order chi connectivity index (χ1) is 8.81. The molecule has 0 heterocycles. The largest absolute Gasteiger partial charge is 0.390 e. The molecule has 0 saturated heterocycles. The second-order valence-corrected chi connectivity index (χ2v) is 4.85. The molecule has 0 bridgehead atoms. The molecule has 0 spiro atoms. The highest BCUT2D eigenvalue weighted by Gasteiger charge is 2.31. The van der Waals surface area contributed by atoms with E-state index in [1.54, 1.807) is 0 Å². The molecule has 0 aliphatic heterocycles. The minimum atomic E-state index is -4.27. The molecule has 19 heavy (non-hydrogen) atoms. The first kappa shape index (κ1) is 16.2. The SMILES string of the molecule is CCCNC(Cc1ccc(Cl)cc1F)CC(F)(F)F. The van der Waals surface area contributed by atoms with E-state index in [-0.39, 0.29) is 17.0 Å². The molecule has 0 saturated carbocycles. The van der Waals surface area contributed by atoms with Crippen molar-refractivity contribution in [1.82, 2.24) is 5.32 Å². The van der Waals surface area contributed by atoms with E-state index in [1.807, 2.05) is 6.92 Å². The monoisotopic (exact) mass is 297 g/mol. The predicted molar refractivity (Wildman–Crippen MR) is 67.9 cm³/mol. The van der Waals surface area contributed by atoms with Crippen LogP contribution in [0.2, 0.25) is 5.02 Å². The molecule has 1 aromatic rings. The van der Waals surface area contributed by atoms with Crippen molar-refractivity contribution in [2.75, 3.05) is 6.54 Å². The lowest BCUT2D eigenvalue weighted by atomic mass is 10.0. The van der Waals surface area contributed by atoms with Crippen molar-refractivity contribution in [3.8, 4) is 0 Å². The fraction of sp³-hybridized carbons (Fsp3) is 0.538. The zero-order valence-electron chi connectivity index (χ0n) is 10.5. The molecule has 0 radical (unpaired) electrons. The molecular weight excluding hydrogens is 282 g/mol. The Labute approximate surface area is 115 Å². The third-order valence-corrected chi connectivity index (χ3v) is 2.88. The Morgan fingerprint density at radius 1 is 1.32 bits per heavy atom. The molecule has 6 heteroatoms. The van der Waals surface area contributed by atoms with E-state index in [1.165, 1.54) is 12.1 Å². The number of hydrogen-bond donors (Lipinski definition) is 1. The molecule has 0 fully saturated rings. The summed E-state index contributed by atoms with van der Waals surface area (Å²) in [5, 5.41) is 3.03. The van der Waals surface area contributed by atoms with Crippen molar-refractivity contribution in [1.29, 1.82) is 0 Å². The van der Waals surface area contributed by atoms with Crippen LogP contribution >= 0.6 is 11.6 Å². The number of nitrogens with one attached hydrogen (secondary N) is 1. The van der Waals surface area contributed by atoms with E-state index in [9.17, 15) is 17.6 Å². The van der Waals surface area contributed by atoms with Gasteiger partial charge >= 0.3 is 6.18 Å². The lowest BCUT2D eigenvalue weighted by molar-refractivity contribution is -0.139. The van der Waals surface area contributed by atoms with Gasteiger partial charge in [0.25, 0.3) is 0 Å². The lowest BCUT2D eigenvalue weighted by Crippen LogP contribution is -2.36. The summed E-state index contributed by atoms with van der Waals surface area (Å²) in [6, 6.07) is 3.19. The van der Waals surface area contributed by atoms with E-state index in [0.29, 0.717) is 6.54 Å². The average Bonchev–Trinajstić information content (AvgIpc) is 2.27. The van der Waals surface area contributed by atoms with Gasteiger partial charge in [0, 0.05) is 11.1 Å². The number of hydrogen-bond acceptors (Lipinski definition) is 1. The summed E-state index contributed by atoms with van der Waals surface area (Å²) in [6.45, 7) is 2.33. The first-order valence-corrected chi connectivity index (χ1v) is 6.43. The van der Waals surface area contributed by atoms with Crippen LogP contribution in [0.15, 0.2) is 18.2 Å². The minimum absolute atomic E-state index is 0.0114. The van der Waals surface area contributed by atoms with Gasteiger partial charge in [-0.15, -0.1) is 0 Å². The topological polar surface area (TPSA) is 12.0 Å². The van der Waals surface area contributed by atoms with Crippen LogP contribution in [0.5, 0.6) is 0 Å². The van der Waals surface area contributed by atoms with Gasteiger partial charge in [0.2, 0.25) is 0 Å². The van der Waals surface area contributed by atoms with Crippen LogP contribution < -0.4 is 5.32 Å². The van der Waals surface area contributed by atoms with Crippen molar-refractivity contribution in [2.45, 2.75) is 38.4 Å². The highest BCUT2D eigenvalue weighted by Crippen LogP contribution is 2.24. The van der Waals surface area contributed by atoms with Crippen molar-refractivity contribution < 1.29 is 17.6 Å². The maximum atomic E-state index is 13.6. The summed E-state index contributed by atoms with van der Waals surface area (Å²) in [5.74, 6) is -0.571. The predicted octanol–water partition coefficient (Wildman–Crippen LogP) is 4.34. The summed E-state index contributed by atoms with van der Waals surface area (Å²) < 4.78 is 50.9. The van der Waals surface area contributed by atoms with Gasteiger partial charge in [-0.2, -0.15) is 13.2 Å². The van der Waals surface area contributed by atoms with Crippen LogP contribution in [-0.4, -0.2) is 18.8 Å². The maximum Gasteiger partial charge on any atom is 0.390 e. The van der Waals surface area contributed by atoms with Crippen molar-refractivity contribution in [2.24, 2.45) is 0 Å². The maximum absolute atomic E-state index is 13.6. The summed E-state index contributed by atoms with van der Waals surface area (Å²) in [6.07, 6.45) is -4.54. The van der Waals surface area contributed by atoms with Crippen molar-refractivity contribution in [3.05, 3.63) is 34.6 Å². The Balaban J connectivity index is 2.75. The van der Waals surface area contributed by atoms with Crippen LogP contribution in [-0.2, 0) is 6.42 Å². The number of alkyl halides is 3. The van der Waals surface area contributed by atoms with Gasteiger partial charge < -0.3 is 5.32 Å². The molecule has 0 aromatic heterocycles. The number of rotatable bonds is 6. The molecule has 1 nitrogen and oxygen atoms in total. The summed E-state index contributed by atoms with van der Waals surface area (Å²) >= 11 is 5.61. The van der Waals surface area contributed by atoms with Gasteiger partial charge in [-0.3, -0.25) is 0 Å². The molecular formula is C13H16ClF4N. The molecule has 0 aliphatic rings. The van der Waals surface area contributed by atoms with Crippen LogP contribution in [0, 0.1) is 5.82 Å². The molecule has 1 N–H and O–H groups in total. The zero-order chi connectivity index (χ0) is 14.5. The van der Waals surface area contributed by atoms with E-state index in [4.69, 9.17) is 11.6 Å². The van der Waals surface area contributed by atoms with E-state index >= 15 is 0 Å². The molecule has 1 aromatic carbocycles. The average molecular weight is 298 g/mol. The van der Waals surface area contributed by atoms with Gasteiger partial charge in [0.15, 0.2) is 0 Å². The lowest BCUT2D eigenvalue weighted by Gasteiger charge is -2.20. The Kier molecular flexibility index (Phi) is 6.07. The van der Waals surface area contributed by atoms with E-state index < -0.39 is 24.5 Å². The van der Waals surface area contributed by atoms with Gasteiger partial charge in [-0.25, -0.2) is 4.39 Å². The molecule has 1 unspecified atom stereocenters.